The van der Waals surface area contributed by atoms with Gasteiger partial charge in [0.25, 0.3) is 5.91 Å². The van der Waals surface area contributed by atoms with E-state index in [-0.39, 0.29) is 6.54 Å². The fourth-order valence-corrected chi connectivity index (χ4v) is 3.11. The van der Waals surface area contributed by atoms with Gasteiger partial charge in [-0.1, -0.05) is 0 Å². The van der Waals surface area contributed by atoms with Gasteiger partial charge in [0.15, 0.2) is 24.0 Å². The van der Waals surface area contributed by atoms with Crippen molar-refractivity contribution in [1.82, 2.24) is 0 Å². The van der Waals surface area contributed by atoms with Crippen LogP contribution in [-0.2, 0) is 11.3 Å². The summed E-state index contributed by atoms with van der Waals surface area (Å²) in [5.41, 5.74) is 2.29. The minimum absolute atomic E-state index is 0.0784. The molecule has 3 rings (SSSR count). The number of benzene rings is 2. The normalized spacial score (nSPS) is 12.2. The molecule has 0 aliphatic rings. The van der Waals surface area contributed by atoms with Crippen LogP contribution in [0, 0.1) is 31.3 Å². The molecule has 5 nitrogen and oxygen atoms in total. The van der Waals surface area contributed by atoms with Gasteiger partial charge in [0.2, 0.25) is 0 Å². The molecule has 1 heterocycles. The summed E-state index contributed by atoms with van der Waals surface area (Å²) >= 11 is 0. The summed E-state index contributed by atoms with van der Waals surface area (Å²) in [5, 5.41) is 3.02. The van der Waals surface area contributed by atoms with E-state index in [4.69, 9.17) is 4.42 Å². The molecule has 2 N–H and O–H groups in total. The molecule has 0 saturated carbocycles. The number of nitrogens with one attached hydrogen (secondary N) is 2. The van der Waals surface area contributed by atoms with Gasteiger partial charge in [-0.3, -0.25) is 4.79 Å². The zero-order chi connectivity index (χ0) is 21.3. The zero-order valence-corrected chi connectivity index (χ0v) is 16.2. The van der Waals surface area contributed by atoms with Crippen molar-refractivity contribution < 1.29 is 27.3 Å². The summed E-state index contributed by atoms with van der Waals surface area (Å²) in [6.45, 7) is 4.12. The Bertz CT molecular complexity index is 1160. The molecule has 0 fully saturated rings. The fourth-order valence-electron chi connectivity index (χ4n) is 3.11. The molecule has 0 saturated heterocycles. The highest BCUT2D eigenvalue weighted by molar-refractivity contribution is 5.91. The lowest BCUT2D eigenvalue weighted by atomic mass is 10.0. The highest BCUT2D eigenvalue weighted by Crippen LogP contribution is 2.21. The van der Waals surface area contributed by atoms with Crippen LogP contribution < -0.4 is 15.8 Å². The van der Waals surface area contributed by atoms with Crippen LogP contribution in [0.4, 0.5) is 18.9 Å². The van der Waals surface area contributed by atoms with Crippen molar-refractivity contribution in [1.29, 1.82) is 0 Å². The Labute approximate surface area is 164 Å². The van der Waals surface area contributed by atoms with Gasteiger partial charge in [-0.2, -0.15) is 0 Å². The van der Waals surface area contributed by atoms with Crippen LogP contribution in [0.5, 0.6) is 0 Å². The maximum Gasteiger partial charge on any atom is 0.336 e. The summed E-state index contributed by atoms with van der Waals surface area (Å²) < 4.78 is 45.3. The molecular weight excluding hydrogens is 385 g/mol. The second-order valence-corrected chi connectivity index (χ2v) is 7.11. The smallest absolute Gasteiger partial charge is 0.336 e. The first-order valence-corrected chi connectivity index (χ1v) is 8.94. The van der Waals surface area contributed by atoms with Gasteiger partial charge < -0.3 is 14.6 Å². The van der Waals surface area contributed by atoms with Crippen LogP contribution in [-0.4, -0.2) is 19.5 Å². The van der Waals surface area contributed by atoms with Gasteiger partial charge in [-0.15, -0.1) is 0 Å². The van der Waals surface area contributed by atoms with E-state index in [1.807, 2.05) is 19.9 Å². The Hall–Kier alpha value is -3.13. The predicted molar refractivity (Wildman–Crippen MR) is 102 cm³/mol. The lowest BCUT2D eigenvalue weighted by Crippen LogP contribution is -3.08. The zero-order valence-electron chi connectivity index (χ0n) is 16.2. The van der Waals surface area contributed by atoms with Crippen LogP contribution in [0.15, 0.2) is 39.5 Å². The summed E-state index contributed by atoms with van der Waals surface area (Å²) in [6.07, 6.45) is 0. The number of carbonyl (C=O) groups excluding carboxylic acids is 1. The van der Waals surface area contributed by atoms with Crippen LogP contribution in [0.1, 0.15) is 16.7 Å². The average Bonchev–Trinajstić information content (AvgIpc) is 2.63. The highest BCUT2D eigenvalue weighted by atomic mass is 19.2. The Morgan fingerprint density at radius 2 is 1.76 bits per heavy atom. The molecule has 3 aromatic rings. The summed E-state index contributed by atoms with van der Waals surface area (Å²) in [4.78, 5) is 24.8. The van der Waals surface area contributed by atoms with Crippen molar-refractivity contribution >= 4 is 22.6 Å². The Balaban J connectivity index is 1.76. The van der Waals surface area contributed by atoms with Gasteiger partial charge in [-0.05, 0) is 49.2 Å². The Morgan fingerprint density at radius 3 is 2.48 bits per heavy atom. The number of hydrogen-bond donors (Lipinski definition) is 2. The van der Waals surface area contributed by atoms with E-state index < -0.39 is 34.7 Å². The number of rotatable bonds is 5. The molecule has 0 spiro atoms. The van der Waals surface area contributed by atoms with Crippen molar-refractivity contribution in [3.05, 3.63) is 74.9 Å². The number of hydrogen-bond acceptors (Lipinski definition) is 3. The second kappa shape index (κ2) is 8.08. The topological polar surface area (TPSA) is 63.8 Å². The monoisotopic (exact) mass is 405 g/mol. The van der Waals surface area contributed by atoms with Crippen LogP contribution in [0.2, 0.25) is 0 Å². The lowest BCUT2D eigenvalue weighted by molar-refractivity contribution is -0.885. The summed E-state index contributed by atoms with van der Waals surface area (Å²) in [6, 6.07) is 6.80. The molecule has 0 bridgehead atoms. The molecule has 8 heteroatoms. The van der Waals surface area contributed by atoms with E-state index in [9.17, 15) is 22.8 Å². The summed E-state index contributed by atoms with van der Waals surface area (Å²) in [5.74, 6) is -5.00. The second-order valence-electron chi connectivity index (χ2n) is 7.11. The van der Waals surface area contributed by atoms with Crippen molar-refractivity contribution in [2.45, 2.75) is 20.4 Å². The SMILES string of the molecule is Cc1cc2oc(=O)cc(C[NH+](C)CC(=O)Nc3ccc(F)c(F)c3F)c2cc1C. The van der Waals surface area contributed by atoms with Gasteiger partial charge in [0.1, 0.15) is 12.1 Å². The minimum atomic E-state index is -1.64. The number of amides is 1. The minimum Gasteiger partial charge on any atom is -0.423 e. The van der Waals surface area contributed by atoms with Crippen LogP contribution >= 0.6 is 0 Å². The number of halogens is 3. The third-order valence-corrected chi connectivity index (χ3v) is 4.71. The average molecular weight is 405 g/mol. The molecule has 0 aliphatic carbocycles. The molecule has 2 aromatic carbocycles. The van der Waals surface area contributed by atoms with Crippen molar-refractivity contribution in [3.8, 4) is 0 Å². The van der Waals surface area contributed by atoms with Crippen LogP contribution in [0.25, 0.3) is 11.0 Å². The third kappa shape index (κ3) is 4.48. The largest absolute Gasteiger partial charge is 0.423 e. The summed E-state index contributed by atoms with van der Waals surface area (Å²) in [7, 11) is 1.72. The van der Waals surface area contributed by atoms with E-state index in [0.717, 1.165) is 28.6 Å². The standard InChI is InChI=1S/C21H19F3N2O3/c1-11-6-14-13(8-19(28)29-17(14)7-12(11)2)9-26(3)10-18(27)25-16-5-4-15(22)20(23)21(16)24/h4-8H,9-10H2,1-3H3,(H,25,27)/p+1. The van der Waals surface area contributed by atoms with E-state index in [2.05, 4.69) is 5.32 Å². The van der Waals surface area contributed by atoms with Crippen molar-refractivity contribution in [2.24, 2.45) is 0 Å². The number of quaternary nitrogens is 1. The molecule has 0 radical (unpaired) electrons. The predicted octanol–water partition coefficient (Wildman–Crippen LogP) is 2.48. The molecule has 1 aromatic heterocycles. The van der Waals surface area contributed by atoms with E-state index in [1.165, 1.54) is 6.07 Å². The molecular formula is C21H20F3N2O3+. The van der Waals surface area contributed by atoms with Gasteiger partial charge in [0.05, 0.1) is 12.7 Å². The fraction of sp³-hybridized carbons (Fsp3) is 0.238. The third-order valence-electron chi connectivity index (χ3n) is 4.71. The first kappa shape index (κ1) is 20.6. The van der Waals surface area contributed by atoms with E-state index >= 15 is 0 Å². The number of anilines is 1. The highest BCUT2D eigenvalue weighted by Gasteiger charge is 2.18. The quantitative estimate of drug-likeness (QED) is 0.507. The number of carbonyl (C=O) groups is 1. The van der Waals surface area contributed by atoms with Crippen molar-refractivity contribution in [2.75, 3.05) is 18.9 Å². The van der Waals surface area contributed by atoms with E-state index in [1.54, 1.807) is 13.1 Å². The first-order chi connectivity index (χ1) is 13.7. The molecule has 0 aliphatic heterocycles. The number of likely N-dealkylation sites (N-methyl/N-ethyl adjacent to an activating group) is 1. The van der Waals surface area contributed by atoms with Gasteiger partial charge >= 0.3 is 5.63 Å². The molecule has 1 atom stereocenters. The first-order valence-electron chi connectivity index (χ1n) is 8.94. The number of aryl methyl sites for hydroxylation is 2. The van der Waals surface area contributed by atoms with Gasteiger partial charge in [0, 0.05) is 17.0 Å². The molecule has 29 heavy (non-hydrogen) atoms. The van der Waals surface area contributed by atoms with E-state index in [0.29, 0.717) is 22.6 Å². The number of fused-ring (bicyclic) bond motifs is 1. The molecule has 1 amide bonds. The Kier molecular flexibility index (Phi) is 5.74. The van der Waals surface area contributed by atoms with Gasteiger partial charge in [-0.25, -0.2) is 18.0 Å². The maximum absolute atomic E-state index is 13.7. The Morgan fingerprint density at radius 1 is 1.07 bits per heavy atom. The van der Waals surface area contributed by atoms with Crippen LogP contribution in [0.3, 0.4) is 0 Å². The molecule has 152 valence electrons. The lowest BCUT2D eigenvalue weighted by Gasteiger charge is -2.15. The maximum atomic E-state index is 13.7. The molecule has 1 unspecified atom stereocenters. The van der Waals surface area contributed by atoms with Crippen molar-refractivity contribution in [3.63, 3.8) is 0 Å².